The lowest BCUT2D eigenvalue weighted by atomic mass is 10.3. The van der Waals surface area contributed by atoms with Crippen molar-refractivity contribution in [1.29, 1.82) is 0 Å². The van der Waals surface area contributed by atoms with Crippen LogP contribution in [0.1, 0.15) is 6.92 Å². The molecule has 7 heteroatoms. The predicted molar refractivity (Wildman–Crippen MR) is 75.5 cm³/mol. The molecule has 1 unspecified atom stereocenters. The van der Waals surface area contributed by atoms with Crippen molar-refractivity contribution in [3.05, 3.63) is 29.0 Å². The maximum Gasteiger partial charge on any atom is 0.322 e. The Hall–Kier alpha value is -1.37. The van der Waals surface area contributed by atoms with E-state index >= 15 is 0 Å². The van der Waals surface area contributed by atoms with E-state index in [-0.39, 0.29) is 11.7 Å². The molecule has 0 spiro atoms. The Bertz CT molecular complexity index is 469. The van der Waals surface area contributed by atoms with Crippen LogP contribution >= 0.6 is 11.6 Å². The summed E-state index contributed by atoms with van der Waals surface area (Å²) in [5, 5.41) is 2.79. The number of carbonyl (C=O) groups excluding carboxylic acids is 1. The van der Waals surface area contributed by atoms with Crippen LogP contribution in [0.3, 0.4) is 0 Å². The average molecular weight is 305 g/mol. The number of hydrogen-bond donors (Lipinski definition) is 1. The van der Waals surface area contributed by atoms with Crippen LogP contribution in [0.5, 0.6) is 0 Å². The molecule has 0 aliphatic heterocycles. The molecule has 5 nitrogen and oxygen atoms in total. The van der Waals surface area contributed by atoms with Crippen molar-refractivity contribution >= 4 is 23.3 Å². The van der Waals surface area contributed by atoms with Gasteiger partial charge < -0.3 is 19.7 Å². The van der Waals surface area contributed by atoms with Crippen LogP contribution in [-0.4, -0.2) is 44.5 Å². The molecule has 1 rings (SSSR count). The molecule has 0 saturated carbocycles. The van der Waals surface area contributed by atoms with E-state index in [4.69, 9.17) is 21.1 Å². The predicted octanol–water partition coefficient (Wildman–Crippen LogP) is 2.95. The van der Waals surface area contributed by atoms with Crippen molar-refractivity contribution in [1.82, 2.24) is 4.90 Å². The largest absolute Gasteiger partial charge is 0.354 e. The molecular weight excluding hydrogens is 287 g/mol. The summed E-state index contributed by atoms with van der Waals surface area (Å²) in [7, 11) is 4.52. The van der Waals surface area contributed by atoms with Crippen LogP contribution in [-0.2, 0) is 9.47 Å². The maximum atomic E-state index is 13.5. The van der Waals surface area contributed by atoms with Crippen molar-refractivity contribution in [3.63, 3.8) is 0 Å². The highest BCUT2D eigenvalue weighted by Crippen LogP contribution is 2.20. The lowest BCUT2D eigenvalue weighted by molar-refractivity contribution is -0.132. The third-order valence-corrected chi connectivity index (χ3v) is 3.19. The number of rotatable bonds is 5. The first-order valence-corrected chi connectivity index (χ1v) is 6.33. The summed E-state index contributed by atoms with van der Waals surface area (Å²) < 4.78 is 23.7. The molecule has 1 aromatic carbocycles. The van der Waals surface area contributed by atoms with Crippen molar-refractivity contribution in [2.75, 3.05) is 26.6 Å². The number of hydrogen-bond acceptors (Lipinski definition) is 3. The Morgan fingerprint density at radius 2 is 2.00 bits per heavy atom. The van der Waals surface area contributed by atoms with Gasteiger partial charge in [0.15, 0.2) is 6.29 Å². The molecule has 0 aliphatic carbocycles. The summed E-state index contributed by atoms with van der Waals surface area (Å²) in [6.45, 7) is 1.76. The Morgan fingerprint density at radius 1 is 1.40 bits per heavy atom. The van der Waals surface area contributed by atoms with Gasteiger partial charge in [-0.3, -0.25) is 0 Å². The molecule has 0 aromatic heterocycles. The van der Waals surface area contributed by atoms with Gasteiger partial charge in [0.1, 0.15) is 5.82 Å². The highest BCUT2D eigenvalue weighted by Gasteiger charge is 2.24. The van der Waals surface area contributed by atoms with Crippen molar-refractivity contribution in [2.45, 2.75) is 19.3 Å². The number of methoxy groups -OCH3 is 2. The number of ether oxygens (including phenoxy) is 2. The van der Waals surface area contributed by atoms with Gasteiger partial charge in [-0.05, 0) is 25.1 Å². The number of likely N-dealkylation sites (N-methyl/N-ethyl adjacent to an activating group) is 1. The van der Waals surface area contributed by atoms with Gasteiger partial charge in [-0.15, -0.1) is 0 Å². The number of anilines is 1. The number of benzene rings is 1. The molecule has 20 heavy (non-hydrogen) atoms. The van der Waals surface area contributed by atoms with Crippen LogP contribution in [0.15, 0.2) is 18.2 Å². The molecule has 0 bridgehead atoms. The number of nitrogens with one attached hydrogen (secondary N) is 1. The van der Waals surface area contributed by atoms with E-state index < -0.39 is 18.1 Å². The topological polar surface area (TPSA) is 50.8 Å². The molecule has 0 saturated heterocycles. The lowest BCUT2D eigenvalue weighted by Crippen LogP contribution is -2.46. The Balaban J connectivity index is 2.77. The van der Waals surface area contributed by atoms with E-state index in [1.807, 2.05) is 0 Å². The van der Waals surface area contributed by atoms with E-state index in [9.17, 15) is 9.18 Å². The fourth-order valence-electron chi connectivity index (χ4n) is 1.65. The Kier molecular flexibility index (Phi) is 6.19. The van der Waals surface area contributed by atoms with Crippen molar-refractivity contribution in [2.24, 2.45) is 0 Å². The second-order valence-corrected chi connectivity index (χ2v) is 4.68. The minimum atomic E-state index is -0.574. The first-order chi connectivity index (χ1) is 9.40. The summed E-state index contributed by atoms with van der Waals surface area (Å²) in [6, 6.07) is 3.10. The second kappa shape index (κ2) is 7.42. The molecule has 0 fully saturated rings. The van der Waals surface area contributed by atoms with Gasteiger partial charge in [-0.1, -0.05) is 11.6 Å². The first-order valence-electron chi connectivity index (χ1n) is 5.95. The zero-order valence-electron chi connectivity index (χ0n) is 11.8. The molecule has 2 amide bonds. The smallest absolute Gasteiger partial charge is 0.322 e. The fraction of sp³-hybridized carbons (Fsp3) is 0.462. The van der Waals surface area contributed by atoms with Crippen LogP contribution in [0.25, 0.3) is 0 Å². The quantitative estimate of drug-likeness (QED) is 0.851. The number of urea groups is 1. The Morgan fingerprint density at radius 3 is 2.55 bits per heavy atom. The average Bonchev–Trinajstić information content (AvgIpc) is 2.43. The molecule has 0 aliphatic rings. The van der Waals surface area contributed by atoms with Gasteiger partial charge in [0.25, 0.3) is 0 Å². The van der Waals surface area contributed by atoms with E-state index in [2.05, 4.69) is 5.32 Å². The third kappa shape index (κ3) is 4.06. The maximum absolute atomic E-state index is 13.5. The van der Waals surface area contributed by atoms with Gasteiger partial charge >= 0.3 is 6.03 Å². The number of amides is 2. The summed E-state index contributed by atoms with van der Waals surface area (Å²) in [6.07, 6.45) is -0.574. The SMILES string of the molecule is COC(OC)C(C)N(C)C(=O)Nc1cc(Cl)ccc1F. The van der Waals surface area contributed by atoms with Gasteiger partial charge in [-0.2, -0.15) is 0 Å². The zero-order chi connectivity index (χ0) is 15.3. The minimum Gasteiger partial charge on any atom is -0.354 e. The van der Waals surface area contributed by atoms with Crippen LogP contribution < -0.4 is 5.32 Å². The van der Waals surface area contributed by atoms with Crippen molar-refractivity contribution < 1.29 is 18.7 Å². The van der Waals surface area contributed by atoms with Gasteiger partial charge in [-0.25, -0.2) is 9.18 Å². The highest BCUT2D eigenvalue weighted by atomic mass is 35.5. The summed E-state index contributed by atoms with van der Waals surface area (Å²) in [5.74, 6) is -0.557. The minimum absolute atomic E-state index is 0.0212. The monoisotopic (exact) mass is 304 g/mol. The van der Waals surface area contributed by atoms with Crippen molar-refractivity contribution in [3.8, 4) is 0 Å². The van der Waals surface area contributed by atoms with Gasteiger partial charge in [0.2, 0.25) is 0 Å². The van der Waals surface area contributed by atoms with Gasteiger partial charge in [0, 0.05) is 26.3 Å². The molecule has 0 radical (unpaired) electrons. The van der Waals surface area contributed by atoms with E-state index in [1.54, 1.807) is 14.0 Å². The summed E-state index contributed by atoms with van der Waals surface area (Å²) in [5.41, 5.74) is 0.0212. The van der Waals surface area contributed by atoms with Crippen LogP contribution in [0, 0.1) is 5.82 Å². The van der Waals surface area contributed by atoms with E-state index in [0.717, 1.165) is 0 Å². The number of nitrogens with zero attached hydrogens (tertiary/aromatic N) is 1. The van der Waals surface area contributed by atoms with E-state index in [0.29, 0.717) is 5.02 Å². The fourth-order valence-corrected chi connectivity index (χ4v) is 1.83. The zero-order valence-corrected chi connectivity index (χ0v) is 12.6. The van der Waals surface area contributed by atoms with Crippen LogP contribution in [0.2, 0.25) is 5.02 Å². The number of halogens is 2. The highest BCUT2D eigenvalue weighted by molar-refractivity contribution is 6.30. The molecule has 1 aromatic rings. The third-order valence-electron chi connectivity index (χ3n) is 2.96. The van der Waals surface area contributed by atoms with E-state index in [1.165, 1.54) is 37.3 Å². The molecule has 1 atom stereocenters. The summed E-state index contributed by atoms with van der Waals surface area (Å²) >= 11 is 5.77. The Labute approximate surface area is 122 Å². The van der Waals surface area contributed by atoms with Crippen LogP contribution in [0.4, 0.5) is 14.9 Å². The second-order valence-electron chi connectivity index (χ2n) is 4.25. The normalized spacial score (nSPS) is 12.3. The molecule has 112 valence electrons. The number of carbonyl (C=O) groups is 1. The standard InChI is InChI=1S/C13H18ClFN2O3/c1-8(12(19-3)20-4)17(2)13(18)16-11-7-9(14)5-6-10(11)15/h5-8,12H,1-4H3,(H,16,18). The molecule has 0 heterocycles. The lowest BCUT2D eigenvalue weighted by Gasteiger charge is -2.30. The van der Waals surface area contributed by atoms with Gasteiger partial charge in [0.05, 0.1) is 11.7 Å². The first kappa shape index (κ1) is 16.7. The molecule has 1 N–H and O–H groups in total. The molecular formula is C13H18ClFN2O3. The summed E-state index contributed by atoms with van der Waals surface area (Å²) in [4.78, 5) is 13.4.